The van der Waals surface area contributed by atoms with Crippen molar-refractivity contribution in [3.05, 3.63) is 0 Å². The van der Waals surface area contributed by atoms with Gasteiger partial charge in [-0.25, -0.2) is 0 Å². The Bertz CT molecular complexity index is 133. The van der Waals surface area contributed by atoms with Crippen molar-refractivity contribution < 1.29 is 14.3 Å². The van der Waals surface area contributed by atoms with Crippen LogP contribution in [-0.4, -0.2) is 43.8 Å². The molecule has 0 aromatic heterocycles. The molecule has 0 heterocycles. The Morgan fingerprint density at radius 3 is 2.62 bits per heavy atom. The smallest absolute Gasteiger partial charge is 0.217 e. The molecule has 0 atom stereocenters. The molecule has 0 aliphatic rings. The summed E-state index contributed by atoms with van der Waals surface area (Å²) in [6.07, 6.45) is 1.00. The molecular formula is C8H16INO3. The summed E-state index contributed by atoms with van der Waals surface area (Å²) in [6.45, 7) is 2.94. The molecule has 13 heavy (non-hydrogen) atoms. The average molecular weight is 301 g/mol. The minimum absolute atomic E-state index is 0.0211. The molecule has 0 amide bonds. The van der Waals surface area contributed by atoms with Gasteiger partial charge in [0.05, 0.1) is 13.2 Å². The quantitative estimate of drug-likeness (QED) is 0.385. The molecule has 1 N–H and O–H groups in total. The normalized spacial score (nSPS) is 10.3. The lowest BCUT2D eigenvalue weighted by Gasteiger charge is -2.03. The van der Waals surface area contributed by atoms with Gasteiger partial charge in [-0.3, -0.25) is 4.79 Å². The number of nitrogens with one attached hydrogen (secondary N) is 1. The van der Waals surface area contributed by atoms with E-state index in [1.54, 1.807) is 22.6 Å². The van der Waals surface area contributed by atoms with E-state index in [1.807, 2.05) is 7.05 Å². The first-order valence-electron chi connectivity index (χ1n) is 4.25. The van der Waals surface area contributed by atoms with Crippen molar-refractivity contribution in [1.29, 1.82) is 0 Å². The van der Waals surface area contributed by atoms with Crippen LogP contribution in [0.2, 0.25) is 0 Å². The standard InChI is InChI=1S/C8H16INO3/c1-10-3-2-4-12-5-6-13-7-8(9)11/h10H,2-7H2,1H3. The number of ether oxygens (including phenoxy) is 2. The molecule has 78 valence electrons. The highest BCUT2D eigenvalue weighted by Gasteiger charge is 1.94. The van der Waals surface area contributed by atoms with Gasteiger partial charge in [0.25, 0.3) is 0 Å². The number of hydrogen-bond acceptors (Lipinski definition) is 4. The van der Waals surface area contributed by atoms with Crippen LogP contribution in [0.4, 0.5) is 0 Å². The van der Waals surface area contributed by atoms with Crippen LogP contribution in [0.5, 0.6) is 0 Å². The zero-order chi connectivity index (χ0) is 9.94. The van der Waals surface area contributed by atoms with E-state index in [1.165, 1.54) is 0 Å². The molecule has 0 unspecified atom stereocenters. The Morgan fingerprint density at radius 2 is 2.00 bits per heavy atom. The van der Waals surface area contributed by atoms with Gasteiger partial charge in [0.1, 0.15) is 6.61 Å². The van der Waals surface area contributed by atoms with Crippen molar-refractivity contribution in [2.75, 3.05) is 40.0 Å². The van der Waals surface area contributed by atoms with E-state index in [0.717, 1.165) is 19.6 Å². The van der Waals surface area contributed by atoms with E-state index in [0.29, 0.717) is 13.2 Å². The lowest BCUT2D eigenvalue weighted by molar-refractivity contribution is -0.114. The topological polar surface area (TPSA) is 47.6 Å². The molecular weight excluding hydrogens is 285 g/mol. The largest absolute Gasteiger partial charge is 0.379 e. The van der Waals surface area contributed by atoms with Crippen LogP contribution in [0.15, 0.2) is 0 Å². The third-order valence-electron chi connectivity index (χ3n) is 1.30. The van der Waals surface area contributed by atoms with Crippen molar-refractivity contribution >= 4 is 26.4 Å². The first-order chi connectivity index (χ1) is 6.27. The molecule has 0 aliphatic heterocycles. The van der Waals surface area contributed by atoms with Crippen LogP contribution < -0.4 is 5.32 Å². The lowest BCUT2D eigenvalue weighted by atomic mass is 10.4. The minimum atomic E-state index is 0.0211. The highest BCUT2D eigenvalue weighted by atomic mass is 127. The second-order valence-corrected chi connectivity index (χ2v) is 3.68. The zero-order valence-corrected chi connectivity index (χ0v) is 10.0. The molecule has 0 spiro atoms. The van der Waals surface area contributed by atoms with Crippen LogP contribution in [0, 0.1) is 0 Å². The van der Waals surface area contributed by atoms with Crippen LogP contribution >= 0.6 is 22.6 Å². The minimum Gasteiger partial charge on any atom is -0.379 e. The van der Waals surface area contributed by atoms with Gasteiger partial charge in [-0.15, -0.1) is 0 Å². The first kappa shape index (κ1) is 13.3. The van der Waals surface area contributed by atoms with Crippen molar-refractivity contribution in [3.8, 4) is 0 Å². The molecule has 0 radical (unpaired) electrons. The summed E-state index contributed by atoms with van der Waals surface area (Å²) in [5, 5.41) is 3.03. The van der Waals surface area contributed by atoms with Gasteiger partial charge >= 0.3 is 0 Å². The van der Waals surface area contributed by atoms with Crippen LogP contribution in [0.25, 0.3) is 0 Å². The fourth-order valence-electron chi connectivity index (χ4n) is 0.723. The Hall–Kier alpha value is 0.280. The summed E-state index contributed by atoms with van der Waals surface area (Å²) in [7, 11) is 1.91. The van der Waals surface area contributed by atoms with Gasteiger partial charge in [-0.1, -0.05) is 0 Å². The first-order valence-corrected chi connectivity index (χ1v) is 5.33. The zero-order valence-electron chi connectivity index (χ0n) is 7.85. The maximum Gasteiger partial charge on any atom is 0.217 e. The predicted octanol–water partition coefficient (Wildman–Crippen LogP) is 0.591. The Balaban J connectivity index is 2.87. The van der Waals surface area contributed by atoms with E-state index in [2.05, 4.69) is 5.32 Å². The van der Waals surface area contributed by atoms with Gasteiger partial charge in [-0.05, 0) is 20.0 Å². The van der Waals surface area contributed by atoms with Crippen LogP contribution in [0.3, 0.4) is 0 Å². The van der Waals surface area contributed by atoms with Crippen molar-refractivity contribution in [1.82, 2.24) is 5.32 Å². The van der Waals surface area contributed by atoms with Crippen molar-refractivity contribution in [2.24, 2.45) is 0 Å². The fourth-order valence-corrected chi connectivity index (χ4v) is 0.944. The molecule has 0 rings (SSSR count). The predicted molar refractivity (Wildman–Crippen MR) is 59.2 cm³/mol. The average Bonchev–Trinajstić information content (AvgIpc) is 2.09. The van der Waals surface area contributed by atoms with E-state index >= 15 is 0 Å². The summed E-state index contributed by atoms with van der Waals surface area (Å²) < 4.78 is 10.3. The number of hydrogen-bond donors (Lipinski definition) is 1. The van der Waals surface area contributed by atoms with E-state index in [9.17, 15) is 4.79 Å². The highest BCUT2D eigenvalue weighted by molar-refractivity contribution is 14.1. The molecule has 0 fully saturated rings. The van der Waals surface area contributed by atoms with Crippen LogP contribution in [-0.2, 0) is 14.3 Å². The van der Waals surface area contributed by atoms with E-state index in [4.69, 9.17) is 9.47 Å². The van der Waals surface area contributed by atoms with Gasteiger partial charge in [0, 0.05) is 29.2 Å². The Morgan fingerprint density at radius 1 is 1.31 bits per heavy atom. The summed E-state index contributed by atoms with van der Waals surface area (Å²) in [5.41, 5.74) is 0. The molecule has 0 saturated heterocycles. The summed E-state index contributed by atoms with van der Waals surface area (Å²) >= 11 is 1.71. The second-order valence-electron chi connectivity index (χ2n) is 2.48. The number of carbonyl (C=O) groups excluding carboxylic acids is 1. The van der Waals surface area contributed by atoms with Gasteiger partial charge in [0.15, 0.2) is 0 Å². The fraction of sp³-hybridized carbons (Fsp3) is 0.875. The van der Waals surface area contributed by atoms with Gasteiger partial charge < -0.3 is 14.8 Å². The van der Waals surface area contributed by atoms with Gasteiger partial charge in [0.2, 0.25) is 3.79 Å². The molecule has 5 heteroatoms. The molecule has 0 aromatic carbocycles. The molecule has 0 aliphatic carbocycles. The second kappa shape index (κ2) is 10.4. The maximum atomic E-state index is 10.4. The van der Waals surface area contributed by atoms with Crippen LogP contribution in [0.1, 0.15) is 6.42 Å². The highest BCUT2D eigenvalue weighted by Crippen LogP contribution is 1.87. The Labute approximate surface area is 92.5 Å². The molecule has 0 saturated carbocycles. The molecule has 4 nitrogen and oxygen atoms in total. The number of rotatable bonds is 9. The Kier molecular flexibility index (Phi) is 10.6. The van der Waals surface area contributed by atoms with Crippen molar-refractivity contribution in [2.45, 2.75) is 6.42 Å². The molecule has 0 bridgehead atoms. The van der Waals surface area contributed by atoms with E-state index in [-0.39, 0.29) is 10.4 Å². The summed E-state index contributed by atoms with van der Waals surface area (Å²) in [5.74, 6) is 0. The van der Waals surface area contributed by atoms with Gasteiger partial charge in [-0.2, -0.15) is 0 Å². The third kappa shape index (κ3) is 12.3. The monoisotopic (exact) mass is 301 g/mol. The number of carbonyl (C=O) groups is 1. The SMILES string of the molecule is CNCCCOCCOCC(=O)I. The molecule has 0 aromatic rings. The third-order valence-corrected chi connectivity index (χ3v) is 1.61. The maximum absolute atomic E-state index is 10.4. The number of halogens is 1. The lowest BCUT2D eigenvalue weighted by Crippen LogP contribution is -2.13. The summed E-state index contributed by atoms with van der Waals surface area (Å²) in [6, 6.07) is 0. The summed E-state index contributed by atoms with van der Waals surface area (Å²) in [4.78, 5) is 10.4. The van der Waals surface area contributed by atoms with Crippen molar-refractivity contribution in [3.63, 3.8) is 0 Å². The van der Waals surface area contributed by atoms with E-state index < -0.39 is 0 Å².